The molecule has 0 heterocycles. The van der Waals surface area contributed by atoms with Gasteiger partial charge in [0.25, 0.3) is 0 Å². The minimum Gasteiger partial charge on any atom is -0.275 e. The van der Waals surface area contributed by atoms with E-state index in [1.54, 1.807) is 12.1 Å². The average Bonchev–Trinajstić information content (AvgIpc) is 2.36. The number of benzene rings is 2. The van der Waals surface area contributed by atoms with Crippen molar-refractivity contribution in [3.8, 4) is 0 Å². The molecular weight excluding hydrogens is 389 g/mol. The molecule has 0 radical (unpaired) electrons. The van der Waals surface area contributed by atoms with Gasteiger partial charge in [0.05, 0.1) is 21.9 Å². The average molecular weight is 396 g/mol. The summed E-state index contributed by atoms with van der Waals surface area (Å²) in [7, 11) is 0. The second kappa shape index (κ2) is 6.76. The number of halogens is 5. The highest BCUT2D eigenvalue weighted by atomic mass is 79.9. The molecule has 2 aromatic carbocycles. The van der Waals surface area contributed by atoms with Gasteiger partial charge in [-0.2, -0.15) is 5.10 Å². The molecule has 0 atom stereocenters. The third kappa shape index (κ3) is 3.85. The van der Waals surface area contributed by atoms with E-state index in [4.69, 9.17) is 34.8 Å². The molecule has 0 amide bonds. The van der Waals surface area contributed by atoms with Crippen LogP contribution in [0.4, 0.5) is 10.1 Å². The summed E-state index contributed by atoms with van der Waals surface area (Å²) in [5.74, 6) is -0.382. The predicted octanol–water partition coefficient (Wildman–Crippen LogP) is 5.99. The maximum Gasteiger partial charge on any atom is 0.132 e. The molecule has 20 heavy (non-hydrogen) atoms. The molecule has 0 saturated heterocycles. The quantitative estimate of drug-likeness (QED) is 0.500. The van der Waals surface area contributed by atoms with E-state index >= 15 is 0 Å². The smallest absolute Gasteiger partial charge is 0.132 e. The largest absolute Gasteiger partial charge is 0.275 e. The molecule has 2 rings (SSSR count). The highest BCUT2D eigenvalue weighted by Gasteiger charge is 2.06. The molecule has 1 N–H and O–H groups in total. The molecule has 2 nitrogen and oxygen atoms in total. The van der Waals surface area contributed by atoms with Gasteiger partial charge in [-0.1, -0.05) is 50.7 Å². The fourth-order valence-electron chi connectivity index (χ4n) is 1.43. The SMILES string of the molecule is Fc1ccc(Br)cc1/C=N/Nc1c(Cl)cc(Cl)cc1Cl. The minimum atomic E-state index is -0.382. The number of rotatable bonds is 3. The Labute approximate surface area is 138 Å². The van der Waals surface area contributed by atoms with Gasteiger partial charge in [0.2, 0.25) is 0 Å². The lowest BCUT2D eigenvalue weighted by atomic mass is 10.2. The maximum absolute atomic E-state index is 13.5. The van der Waals surface area contributed by atoms with E-state index in [2.05, 4.69) is 26.5 Å². The van der Waals surface area contributed by atoms with Gasteiger partial charge in [-0.05, 0) is 30.3 Å². The topological polar surface area (TPSA) is 24.4 Å². The van der Waals surface area contributed by atoms with E-state index in [-0.39, 0.29) is 5.82 Å². The Kier molecular flexibility index (Phi) is 5.27. The van der Waals surface area contributed by atoms with Crippen LogP contribution in [0.15, 0.2) is 39.9 Å². The molecule has 0 bridgehead atoms. The van der Waals surface area contributed by atoms with Crippen LogP contribution in [0.3, 0.4) is 0 Å². The molecule has 0 unspecified atom stereocenters. The predicted molar refractivity (Wildman–Crippen MR) is 86.8 cm³/mol. The number of hydrogen-bond acceptors (Lipinski definition) is 2. The first-order chi connectivity index (χ1) is 9.47. The Bertz CT molecular complexity index is 654. The summed E-state index contributed by atoms with van der Waals surface area (Å²) >= 11 is 21.0. The number of anilines is 1. The normalized spacial score (nSPS) is 11.1. The third-order valence-corrected chi connectivity index (χ3v) is 3.65. The Hall–Kier alpha value is -0.810. The highest BCUT2D eigenvalue weighted by Crippen LogP contribution is 2.33. The van der Waals surface area contributed by atoms with Gasteiger partial charge in [0.15, 0.2) is 0 Å². The van der Waals surface area contributed by atoms with Crippen molar-refractivity contribution in [3.05, 3.63) is 61.3 Å². The molecule has 104 valence electrons. The van der Waals surface area contributed by atoms with Crippen molar-refractivity contribution in [1.29, 1.82) is 0 Å². The van der Waals surface area contributed by atoms with Crippen molar-refractivity contribution in [2.24, 2.45) is 5.10 Å². The van der Waals surface area contributed by atoms with Crippen molar-refractivity contribution in [3.63, 3.8) is 0 Å². The molecule has 0 saturated carbocycles. The Morgan fingerprint density at radius 1 is 1.10 bits per heavy atom. The fourth-order valence-corrected chi connectivity index (χ4v) is 2.71. The van der Waals surface area contributed by atoms with E-state index in [9.17, 15) is 4.39 Å². The molecule has 2 aromatic rings. The van der Waals surface area contributed by atoms with Crippen LogP contribution < -0.4 is 5.43 Å². The summed E-state index contributed by atoms with van der Waals surface area (Å²) in [6, 6.07) is 7.62. The zero-order valence-corrected chi connectivity index (χ0v) is 13.7. The van der Waals surface area contributed by atoms with Crippen LogP contribution in [0.1, 0.15) is 5.56 Å². The molecule has 0 aliphatic rings. The molecule has 0 aromatic heterocycles. The first-order valence-corrected chi connectivity index (χ1v) is 7.29. The molecule has 0 spiro atoms. The van der Waals surface area contributed by atoms with E-state index in [0.717, 1.165) is 4.47 Å². The van der Waals surface area contributed by atoms with Gasteiger partial charge in [-0.3, -0.25) is 5.43 Å². The number of hydrazone groups is 1. The van der Waals surface area contributed by atoms with Crippen LogP contribution in [0.2, 0.25) is 15.1 Å². The number of hydrogen-bond donors (Lipinski definition) is 1. The van der Waals surface area contributed by atoms with Crippen LogP contribution in [0.5, 0.6) is 0 Å². The summed E-state index contributed by atoms with van der Waals surface area (Å²) in [6.45, 7) is 0. The minimum absolute atomic E-state index is 0.327. The highest BCUT2D eigenvalue weighted by molar-refractivity contribution is 9.10. The van der Waals surface area contributed by atoms with Gasteiger partial charge in [-0.15, -0.1) is 0 Å². The molecule has 0 aliphatic carbocycles. The number of nitrogens with one attached hydrogen (secondary N) is 1. The van der Waals surface area contributed by atoms with E-state index < -0.39 is 0 Å². The van der Waals surface area contributed by atoms with E-state index in [0.29, 0.717) is 26.3 Å². The van der Waals surface area contributed by atoms with Gasteiger partial charge >= 0.3 is 0 Å². The Morgan fingerprint density at radius 3 is 2.40 bits per heavy atom. The van der Waals surface area contributed by atoms with Crippen LogP contribution in [0, 0.1) is 5.82 Å². The monoisotopic (exact) mass is 394 g/mol. The van der Waals surface area contributed by atoms with Crippen molar-refractivity contribution >= 4 is 62.6 Å². The summed E-state index contributed by atoms with van der Waals surface area (Å²) in [4.78, 5) is 0. The summed E-state index contributed by atoms with van der Waals surface area (Å²) in [5, 5.41) is 5.00. The summed E-state index contributed by atoms with van der Waals surface area (Å²) < 4.78 is 14.3. The van der Waals surface area contributed by atoms with Gasteiger partial charge in [-0.25, -0.2) is 4.39 Å². The van der Waals surface area contributed by atoms with E-state index in [1.165, 1.54) is 24.4 Å². The van der Waals surface area contributed by atoms with E-state index in [1.807, 2.05) is 0 Å². The Balaban J connectivity index is 2.20. The van der Waals surface area contributed by atoms with Crippen molar-refractivity contribution in [2.75, 3.05) is 5.43 Å². The van der Waals surface area contributed by atoms with Gasteiger partial charge in [0, 0.05) is 15.1 Å². The first-order valence-electron chi connectivity index (χ1n) is 5.36. The second-order valence-corrected chi connectivity index (χ2v) is 5.95. The molecule has 7 heteroatoms. The maximum atomic E-state index is 13.5. The van der Waals surface area contributed by atoms with Crippen LogP contribution in [0.25, 0.3) is 0 Å². The molecular formula is C13H7BrCl3FN2. The Morgan fingerprint density at radius 2 is 1.75 bits per heavy atom. The first kappa shape index (κ1) is 15.6. The number of nitrogens with zero attached hydrogens (tertiary/aromatic N) is 1. The van der Waals surface area contributed by atoms with Crippen LogP contribution in [-0.2, 0) is 0 Å². The summed E-state index contributed by atoms with van der Waals surface area (Å²) in [6.07, 6.45) is 1.33. The van der Waals surface area contributed by atoms with Gasteiger partial charge in [0.1, 0.15) is 5.82 Å². The van der Waals surface area contributed by atoms with Crippen LogP contribution in [-0.4, -0.2) is 6.21 Å². The van der Waals surface area contributed by atoms with Crippen molar-refractivity contribution in [1.82, 2.24) is 0 Å². The molecule has 0 fully saturated rings. The lowest BCUT2D eigenvalue weighted by Gasteiger charge is -2.06. The van der Waals surface area contributed by atoms with Gasteiger partial charge < -0.3 is 0 Å². The summed E-state index contributed by atoms with van der Waals surface area (Å²) in [5.41, 5.74) is 3.40. The second-order valence-electron chi connectivity index (χ2n) is 3.78. The zero-order chi connectivity index (χ0) is 14.7. The standard InChI is InChI=1S/C13H7BrCl3FN2/c14-8-1-2-12(18)7(3-8)6-19-20-13-10(16)4-9(15)5-11(13)17/h1-6,20H/b19-6+. The van der Waals surface area contributed by atoms with Crippen molar-refractivity contribution in [2.45, 2.75) is 0 Å². The molecule has 0 aliphatic heterocycles. The lowest BCUT2D eigenvalue weighted by Crippen LogP contribution is -1.94. The lowest BCUT2D eigenvalue weighted by molar-refractivity contribution is 0.625. The fraction of sp³-hybridized carbons (Fsp3) is 0. The zero-order valence-electron chi connectivity index (χ0n) is 9.80. The third-order valence-electron chi connectivity index (χ3n) is 2.34. The van der Waals surface area contributed by atoms with Crippen molar-refractivity contribution < 1.29 is 4.39 Å². The van der Waals surface area contributed by atoms with Crippen LogP contribution >= 0.6 is 50.7 Å².